The molecule has 3 rings (SSSR count). The molecule has 0 bridgehead atoms. The van der Waals surface area contributed by atoms with Gasteiger partial charge < -0.3 is 4.74 Å². The van der Waals surface area contributed by atoms with E-state index in [1.54, 1.807) is 11.8 Å². The summed E-state index contributed by atoms with van der Waals surface area (Å²) < 4.78 is 7.42. The predicted molar refractivity (Wildman–Crippen MR) is 83.1 cm³/mol. The Morgan fingerprint density at radius 3 is 2.71 bits per heavy atom. The van der Waals surface area contributed by atoms with Crippen molar-refractivity contribution in [3.05, 3.63) is 47.9 Å². The number of benzene rings is 1. The van der Waals surface area contributed by atoms with Gasteiger partial charge in [-0.3, -0.25) is 0 Å². The van der Waals surface area contributed by atoms with E-state index >= 15 is 0 Å². The molecule has 0 amide bonds. The average molecular weight is 280 g/mol. The van der Waals surface area contributed by atoms with E-state index in [2.05, 4.69) is 43.1 Å². The maximum Gasteiger partial charge on any atom is 0.156 e. The van der Waals surface area contributed by atoms with Gasteiger partial charge in [0.05, 0.1) is 18.3 Å². The number of aryl methyl sites for hydroxylation is 1. The van der Waals surface area contributed by atoms with Crippen molar-refractivity contribution < 1.29 is 4.74 Å². The van der Waals surface area contributed by atoms with Crippen LogP contribution in [0.15, 0.2) is 30.5 Å². The van der Waals surface area contributed by atoms with E-state index in [1.165, 1.54) is 0 Å². The van der Waals surface area contributed by atoms with Crippen LogP contribution >= 0.6 is 0 Å². The maximum absolute atomic E-state index is 5.63. The van der Waals surface area contributed by atoms with Gasteiger partial charge in [-0.2, -0.15) is 5.10 Å². The molecule has 2 aromatic heterocycles. The zero-order chi connectivity index (χ0) is 15.0. The highest BCUT2D eigenvalue weighted by molar-refractivity contribution is 5.90. The molecule has 0 saturated carbocycles. The fourth-order valence-corrected chi connectivity index (χ4v) is 2.45. The number of hydrogen-bond acceptors (Lipinski definition) is 3. The van der Waals surface area contributed by atoms with Gasteiger partial charge in [0.1, 0.15) is 11.9 Å². The summed E-state index contributed by atoms with van der Waals surface area (Å²) >= 11 is 0. The topological polar surface area (TPSA) is 39.9 Å². The Morgan fingerprint density at radius 1 is 1.24 bits per heavy atom. The number of methoxy groups -OCH3 is 1. The van der Waals surface area contributed by atoms with E-state index < -0.39 is 0 Å². The second-order valence-corrected chi connectivity index (χ2v) is 5.41. The predicted octanol–water partition coefficient (Wildman–Crippen LogP) is 3.66. The molecular weight excluding hydrogens is 262 g/mol. The Morgan fingerprint density at radius 2 is 2.05 bits per heavy atom. The van der Waals surface area contributed by atoms with Gasteiger partial charge in [0.25, 0.3) is 0 Å². The zero-order valence-electron chi connectivity index (χ0n) is 12.7. The lowest BCUT2D eigenvalue weighted by Crippen LogP contribution is -2.03. The summed E-state index contributed by atoms with van der Waals surface area (Å²) in [5.41, 5.74) is 3.79. The monoisotopic (exact) mass is 280 g/mol. The Balaban J connectivity index is 2.24. The number of fused-ring (bicyclic) bond motifs is 1. The van der Waals surface area contributed by atoms with Gasteiger partial charge in [-0.25, -0.2) is 9.67 Å². The Bertz CT molecular complexity index is 790. The Labute approximate surface area is 124 Å². The zero-order valence-corrected chi connectivity index (χ0v) is 12.7. The summed E-state index contributed by atoms with van der Waals surface area (Å²) in [6.45, 7) is 6.30. The van der Waals surface area contributed by atoms with Gasteiger partial charge in [0, 0.05) is 11.6 Å². The summed E-state index contributed by atoms with van der Waals surface area (Å²) in [5.74, 6) is 1.14. The molecule has 0 atom stereocenters. The molecule has 4 heteroatoms. The molecule has 21 heavy (non-hydrogen) atoms. The summed E-state index contributed by atoms with van der Waals surface area (Å²) in [4.78, 5) is 4.42. The van der Waals surface area contributed by atoms with E-state index in [-0.39, 0.29) is 0 Å². The van der Waals surface area contributed by atoms with Gasteiger partial charge in [-0.15, -0.1) is 0 Å². The highest BCUT2D eigenvalue weighted by Crippen LogP contribution is 2.32. The molecule has 3 aromatic rings. The van der Waals surface area contributed by atoms with Crippen molar-refractivity contribution in [3.8, 4) is 11.4 Å². The lowest BCUT2D eigenvalue weighted by Gasteiger charge is -2.12. The molecule has 0 unspecified atom stereocenters. The first-order valence-electron chi connectivity index (χ1n) is 7.02. The van der Waals surface area contributed by atoms with Crippen molar-refractivity contribution in [2.24, 2.45) is 0 Å². The summed E-state index contributed by atoms with van der Waals surface area (Å²) in [7, 11) is 1.67. The highest BCUT2D eigenvalue weighted by Gasteiger charge is 2.15. The number of nitrogens with zero attached hydrogens (tertiary/aromatic N) is 3. The van der Waals surface area contributed by atoms with E-state index in [9.17, 15) is 0 Å². The molecule has 1 radical (unpaired) electrons. The molecule has 0 spiro atoms. The molecule has 4 nitrogen and oxygen atoms in total. The van der Waals surface area contributed by atoms with Crippen molar-refractivity contribution in [3.63, 3.8) is 0 Å². The minimum atomic E-state index is 0.382. The summed E-state index contributed by atoms with van der Waals surface area (Å²) in [5, 5.41) is 5.60. The summed E-state index contributed by atoms with van der Waals surface area (Å²) in [6, 6.07) is 8.02. The third kappa shape index (κ3) is 2.27. The molecular formula is C17H18N3O. The second kappa shape index (κ2) is 5.20. The Kier molecular flexibility index (Phi) is 3.37. The number of ether oxygens (including phenoxy) is 1. The third-order valence-corrected chi connectivity index (χ3v) is 3.61. The van der Waals surface area contributed by atoms with Gasteiger partial charge in [0.15, 0.2) is 5.75 Å². The van der Waals surface area contributed by atoms with Crippen molar-refractivity contribution in [2.45, 2.75) is 26.7 Å². The van der Waals surface area contributed by atoms with Crippen LogP contribution in [0.25, 0.3) is 16.6 Å². The maximum atomic E-state index is 5.63. The van der Waals surface area contributed by atoms with Gasteiger partial charge in [-0.1, -0.05) is 26.0 Å². The van der Waals surface area contributed by atoms with Crippen LogP contribution in [0, 0.1) is 13.1 Å². The van der Waals surface area contributed by atoms with Crippen LogP contribution < -0.4 is 4.74 Å². The van der Waals surface area contributed by atoms with Crippen molar-refractivity contribution >= 4 is 10.9 Å². The van der Waals surface area contributed by atoms with Gasteiger partial charge in [-0.05, 0) is 30.5 Å². The molecule has 0 fully saturated rings. The largest absolute Gasteiger partial charge is 0.494 e. The van der Waals surface area contributed by atoms with Gasteiger partial charge >= 0.3 is 0 Å². The second-order valence-electron chi connectivity index (χ2n) is 5.41. The fraction of sp³-hybridized carbons (Fsp3) is 0.294. The quantitative estimate of drug-likeness (QED) is 0.735. The number of pyridine rings is 1. The normalized spacial score (nSPS) is 11.3. The van der Waals surface area contributed by atoms with E-state index in [1.807, 2.05) is 24.4 Å². The lowest BCUT2D eigenvalue weighted by atomic mass is 10.1. The first-order chi connectivity index (χ1) is 10.1. The molecule has 107 valence electrons. The molecule has 0 N–H and O–H groups in total. The standard InChI is InChI=1S/C17H18N3O/c1-11(2)13-8-9-20(19-13)15-10-18-14-7-5-6-12(3)16(14)17(15)21-4/h5-9,11H,1-4H3. The molecule has 2 heterocycles. The van der Waals surface area contributed by atoms with Crippen LogP contribution in [0.3, 0.4) is 0 Å². The number of hydrogen-bond donors (Lipinski definition) is 0. The molecule has 0 aliphatic heterocycles. The minimum Gasteiger partial charge on any atom is -0.494 e. The molecule has 0 aliphatic carbocycles. The van der Waals surface area contributed by atoms with Crippen LogP contribution in [0.5, 0.6) is 5.75 Å². The Hall–Kier alpha value is -2.36. The van der Waals surface area contributed by atoms with Crippen LogP contribution in [-0.2, 0) is 0 Å². The first-order valence-corrected chi connectivity index (χ1v) is 7.02. The van der Waals surface area contributed by atoms with E-state index in [4.69, 9.17) is 4.74 Å². The van der Waals surface area contributed by atoms with Crippen LogP contribution in [-0.4, -0.2) is 21.9 Å². The third-order valence-electron chi connectivity index (χ3n) is 3.61. The average Bonchev–Trinajstić information content (AvgIpc) is 2.96. The van der Waals surface area contributed by atoms with Crippen molar-refractivity contribution in [1.82, 2.24) is 14.8 Å². The van der Waals surface area contributed by atoms with Crippen LogP contribution in [0.2, 0.25) is 0 Å². The summed E-state index contributed by atoms with van der Waals surface area (Å²) in [6.07, 6.45) is 4.98. The van der Waals surface area contributed by atoms with Crippen molar-refractivity contribution in [2.75, 3.05) is 7.11 Å². The SMILES string of the molecule is COc1c(-n2ccc(C(C)C)n2)[c]nc2cccc(C)c12. The lowest BCUT2D eigenvalue weighted by molar-refractivity contribution is 0.416. The first kappa shape index (κ1) is 13.6. The number of rotatable bonds is 3. The van der Waals surface area contributed by atoms with Crippen molar-refractivity contribution in [1.29, 1.82) is 0 Å². The highest BCUT2D eigenvalue weighted by atomic mass is 16.5. The molecule has 0 saturated heterocycles. The van der Waals surface area contributed by atoms with Crippen LogP contribution in [0.1, 0.15) is 31.0 Å². The fourth-order valence-electron chi connectivity index (χ4n) is 2.45. The smallest absolute Gasteiger partial charge is 0.156 e. The molecule has 1 aromatic carbocycles. The van der Waals surface area contributed by atoms with E-state index in [0.717, 1.165) is 33.6 Å². The minimum absolute atomic E-state index is 0.382. The molecule has 0 aliphatic rings. The van der Waals surface area contributed by atoms with Crippen LogP contribution in [0.4, 0.5) is 0 Å². The number of aromatic nitrogens is 3. The van der Waals surface area contributed by atoms with Gasteiger partial charge in [0.2, 0.25) is 0 Å². The van der Waals surface area contributed by atoms with E-state index in [0.29, 0.717) is 5.92 Å².